The molecule has 4 aromatic rings. The van der Waals surface area contributed by atoms with Crippen LogP contribution in [-0.2, 0) is 6.61 Å². The Morgan fingerprint density at radius 3 is 2.29 bits per heavy atom. The average molecular weight is 605 g/mol. The molecule has 5 rings (SSSR count). The number of hydrogen-bond donors (Lipinski definition) is 1. The SMILES string of the molecule is CCOc1c(Cl)cc(C(=O)Oc2ccc3c(c2)OC(N)=C(C#N)C3c2ccc(OCc3ccc(F)cc3)cc2)cc1Cl. The minimum absolute atomic E-state index is 0.0554. The lowest BCUT2D eigenvalue weighted by Crippen LogP contribution is -2.21. The number of halogens is 3. The maximum atomic E-state index is 13.2. The van der Waals surface area contributed by atoms with Gasteiger partial charge in [-0.25, -0.2) is 9.18 Å². The zero-order chi connectivity index (χ0) is 29.8. The zero-order valence-corrected chi connectivity index (χ0v) is 23.7. The van der Waals surface area contributed by atoms with E-state index in [9.17, 15) is 14.4 Å². The molecule has 1 aliphatic rings. The van der Waals surface area contributed by atoms with Crippen LogP contribution in [0.15, 0.2) is 90.3 Å². The first kappa shape index (κ1) is 28.8. The van der Waals surface area contributed by atoms with Crippen molar-refractivity contribution in [3.05, 3.63) is 128 Å². The van der Waals surface area contributed by atoms with Gasteiger partial charge in [-0.05, 0) is 60.5 Å². The third kappa shape index (κ3) is 6.13. The van der Waals surface area contributed by atoms with Crippen molar-refractivity contribution in [1.29, 1.82) is 5.26 Å². The Bertz CT molecular complexity index is 1690. The number of hydrogen-bond acceptors (Lipinski definition) is 7. The summed E-state index contributed by atoms with van der Waals surface area (Å²) in [6, 6.07) is 23.1. The van der Waals surface area contributed by atoms with Gasteiger partial charge in [-0.2, -0.15) is 5.26 Å². The topological polar surface area (TPSA) is 104 Å². The molecule has 7 nitrogen and oxygen atoms in total. The van der Waals surface area contributed by atoms with E-state index in [1.165, 1.54) is 30.3 Å². The van der Waals surface area contributed by atoms with Crippen molar-refractivity contribution in [2.24, 2.45) is 5.73 Å². The molecule has 212 valence electrons. The van der Waals surface area contributed by atoms with Crippen molar-refractivity contribution < 1.29 is 28.1 Å². The molecule has 0 radical (unpaired) electrons. The van der Waals surface area contributed by atoms with Gasteiger partial charge in [-0.3, -0.25) is 0 Å². The maximum Gasteiger partial charge on any atom is 0.343 e. The highest BCUT2D eigenvalue weighted by Crippen LogP contribution is 2.44. The van der Waals surface area contributed by atoms with Crippen molar-refractivity contribution in [2.75, 3.05) is 6.61 Å². The number of nitriles is 1. The van der Waals surface area contributed by atoms with Crippen LogP contribution in [0.4, 0.5) is 4.39 Å². The molecule has 0 bridgehead atoms. The fourth-order valence-electron chi connectivity index (χ4n) is 4.47. The van der Waals surface area contributed by atoms with E-state index in [1.54, 1.807) is 43.3 Å². The van der Waals surface area contributed by atoms with Crippen LogP contribution in [0, 0.1) is 17.1 Å². The minimum Gasteiger partial charge on any atom is -0.491 e. The fourth-order valence-corrected chi connectivity index (χ4v) is 5.07. The number of carbonyl (C=O) groups is 1. The molecule has 0 spiro atoms. The Kier molecular flexibility index (Phi) is 8.53. The second-order valence-electron chi connectivity index (χ2n) is 9.20. The molecule has 10 heteroatoms. The highest BCUT2D eigenvalue weighted by Gasteiger charge is 2.31. The molecule has 0 saturated heterocycles. The number of carbonyl (C=O) groups excluding carboxylic acids is 1. The van der Waals surface area contributed by atoms with E-state index >= 15 is 0 Å². The third-order valence-electron chi connectivity index (χ3n) is 6.46. The smallest absolute Gasteiger partial charge is 0.343 e. The van der Waals surface area contributed by atoms with Crippen LogP contribution in [0.3, 0.4) is 0 Å². The second-order valence-corrected chi connectivity index (χ2v) is 10.0. The second kappa shape index (κ2) is 12.4. The fraction of sp³-hybridized carbons (Fsp3) is 0.125. The van der Waals surface area contributed by atoms with Gasteiger partial charge in [-0.15, -0.1) is 0 Å². The van der Waals surface area contributed by atoms with Gasteiger partial charge in [0.05, 0.1) is 28.1 Å². The van der Waals surface area contributed by atoms with Crippen molar-refractivity contribution in [3.8, 4) is 29.1 Å². The molecular formula is C32H23Cl2FN2O5. The predicted molar refractivity (Wildman–Crippen MR) is 156 cm³/mol. The molecule has 0 saturated carbocycles. The Labute approximate surface area is 251 Å². The Morgan fingerprint density at radius 2 is 1.64 bits per heavy atom. The van der Waals surface area contributed by atoms with Crippen molar-refractivity contribution in [3.63, 3.8) is 0 Å². The molecule has 1 unspecified atom stereocenters. The van der Waals surface area contributed by atoms with Gasteiger partial charge in [0.2, 0.25) is 5.88 Å². The molecule has 2 N–H and O–H groups in total. The highest BCUT2D eigenvalue weighted by atomic mass is 35.5. The predicted octanol–water partition coefficient (Wildman–Crippen LogP) is 7.55. The van der Waals surface area contributed by atoms with E-state index in [0.29, 0.717) is 23.7 Å². The quantitative estimate of drug-likeness (QED) is 0.163. The number of fused-ring (bicyclic) bond motifs is 1. The molecule has 1 aliphatic heterocycles. The van der Waals surface area contributed by atoms with Crippen LogP contribution in [0.5, 0.6) is 23.0 Å². The third-order valence-corrected chi connectivity index (χ3v) is 7.02. The molecule has 4 aromatic carbocycles. The van der Waals surface area contributed by atoms with Crippen LogP contribution in [0.25, 0.3) is 0 Å². The van der Waals surface area contributed by atoms with Crippen molar-refractivity contribution in [2.45, 2.75) is 19.4 Å². The maximum absolute atomic E-state index is 13.2. The number of nitrogens with zero attached hydrogens (tertiary/aromatic N) is 1. The van der Waals surface area contributed by atoms with Crippen LogP contribution in [0.2, 0.25) is 10.0 Å². The Balaban J connectivity index is 1.36. The first-order valence-electron chi connectivity index (χ1n) is 12.8. The summed E-state index contributed by atoms with van der Waals surface area (Å²) in [6.07, 6.45) is 0. The summed E-state index contributed by atoms with van der Waals surface area (Å²) < 4.78 is 35.7. The molecular weight excluding hydrogens is 582 g/mol. The summed E-state index contributed by atoms with van der Waals surface area (Å²) in [5, 5.41) is 10.2. The zero-order valence-electron chi connectivity index (χ0n) is 22.2. The highest BCUT2D eigenvalue weighted by molar-refractivity contribution is 6.37. The number of esters is 1. The van der Waals surface area contributed by atoms with E-state index in [0.717, 1.165) is 11.1 Å². The van der Waals surface area contributed by atoms with E-state index in [2.05, 4.69) is 6.07 Å². The van der Waals surface area contributed by atoms with E-state index < -0.39 is 11.9 Å². The van der Waals surface area contributed by atoms with Crippen molar-refractivity contribution in [1.82, 2.24) is 0 Å². The molecule has 1 heterocycles. The normalized spacial score (nSPS) is 13.9. The lowest BCUT2D eigenvalue weighted by molar-refractivity contribution is 0.0734. The van der Waals surface area contributed by atoms with Gasteiger partial charge in [-0.1, -0.05) is 53.5 Å². The Morgan fingerprint density at radius 1 is 0.976 bits per heavy atom. The van der Waals surface area contributed by atoms with Gasteiger partial charge in [0.15, 0.2) is 5.75 Å². The molecule has 0 aromatic heterocycles. The van der Waals surface area contributed by atoms with Crippen LogP contribution >= 0.6 is 23.2 Å². The number of rotatable bonds is 8. The molecule has 0 fully saturated rings. The summed E-state index contributed by atoms with van der Waals surface area (Å²) in [4.78, 5) is 12.9. The van der Waals surface area contributed by atoms with Crippen molar-refractivity contribution >= 4 is 29.2 Å². The monoisotopic (exact) mass is 604 g/mol. The summed E-state index contributed by atoms with van der Waals surface area (Å²) >= 11 is 12.5. The van der Waals surface area contributed by atoms with E-state index in [1.807, 2.05) is 12.1 Å². The molecule has 1 atom stereocenters. The van der Waals surface area contributed by atoms with Crippen LogP contribution < -0.4 is 24.7 Å². The first-order chi connectivity index (χ1) is 20.3. The van der Waals surface area contributed by atoms with Gasteiger partial charge in [0.1, 0.15) is 41.3 Å². The van der Waals surface area contributed by atoms with Gasteiger partial charge < -0.3 is 24.7 Å². The summed E-state index contributed by atoms with van der Waals surface area (Å²) in [6.45, 7) is 2.42. The Hall–Kier alpha value is -4.71. The van der Waals surface area contributed by atoms with Crippen LogP contribution in [-0.4, -0.2) is 12.6 Å². The molecule has 42 heavy (non-hydrogen) atoms. The lowest BCUT2D eigenvalue weighted by Gasteiger charge is -2.27. The molecule has 0 aliphatic carbocycles. The largest absolute Gasteiger partial charge is 0.491 e. The molecule has 0 amide bonds. The summed E-state index contributed by atoms with van der Waals surface area (Å²) in [5.74, 6) is -0.174. The first-order valence-corrected chi connectivity index (χ1v) is 13.6. The standard InChI is InChI=1S/C32H23Cl2FN2O5/c1-2-39-30-26(33)13-20(14-27(30)34)32(38)41-23-11-12-24-28(15-23)42-31(37)25(16-36)29(24)19-5-9-22(10-6-19)40-17-18-3-7-21(35)8-4-18/h3-15,29H,2,17,37H2,1H3. The van der Waals surface area contributed by atoms with Gasteiger partial charge >= 0.3 is 5.97 Å². The van der Waals surface area contributed by atoms with E-state index in [-0.39, 0.29) is 51.0 Å². The van der Waals surface area contributed by atoms with Gasteiger partial charge in [0.25, 0.3) is 0 Å². The number of ether oxygens (including phenoxy) is 4. The summed E-state index contributed by atoms with van der Waals surface area (Å²) in [7, 11) is 0. The lowest BCUT2D eigenvalue weighted by atomic mass is 9.83. The summed E-state index contributed by atoms with van der Waals surface area (Å²) in [5.41, 5.74) is 8.77. The average Bonchev–Trinajstić information content (AvgIpc) is 2.98. The number of nitrogens with two attached hydrogens (primary N) is 1. The minimum atomic E-state index is -0.688. The van der Waals surface area contributed by atoms with Crippen LogP contribution in [0.1, 0.15) is 39.9 Å². The number of allylic oxidation sites excluding steroid dienone is 1. The number of benzene rings is 4. The van der Waals surface area contributed by atoms with Gasteiger partial charge in [0, 0.05) is 11.6 Å². The van der Waals surface area contributed by atoms with E-state index in [4.69, 9.17) is 47.9 Å².